The number of hydrogen-bond acceptors (Lipinski definition) is 5. The van der Waals surface area contributed by atoms with Crippen molar-refractivity contribution in [1.82, 2.24) is 0 Å². The van der Waals surface area contributed by atoms with E-state index in [1.165, 1.54) is 19.3 Å². The van der Waals surface area contributed by atoms with Crippen LogP contribution in [0.5, 0.6) is 0 Å². The number of nitrogens with two attached hydrogens (primary N) is 1. The van der Waals surface area contributed by atoms with Crippen molar-refractivity contribution < 1.29 is 24.2 Å². The number of ether oxygens (including phenoxy) is 2. The standard InChI is InChI=1S/C26H45NO5/c1-5-8-9-10-11-12-13-14-15-16-17-18-19-20-23(32-24(29)6-2)26(7-3,25(27)30)31-21-22(4)28/h6,11-12,14-15,22-23,28H,2,5,7-10,13,16-21H2,1,3-4H3,(H2,27,30)/b12-11-,15-14-. The minimum absolute atomic E-state index is 0.0727. The molecule has 0 aromatic rings. The van der Waals surface area contributed by atoms with Crippen LogP contribution in [0.25, 0.3) is 0 Å². The lowest BCUT2D eigenvalue weighted by Crippen LogP contribution is -2.57. The molecule has 3 N–H and O–H groups in total. The van der Waals surface area contributed by atoms with Crippen LogP contribution in [0.3, 0.4) is 0 Å². The van der Waals surface area contributed by atoms with Crippen LogP contribution in [0.4, 0.5) is 0 Å². The average molecular weight is 452 g/mol. The number of aliphatic hydroxyl groups excluding tert-OH is 1. The Labute approximate surface area is 194 Å². The summed E-state index contributed by atoms with van der Waals surface area (Å²) in [6, 6.07) is 0. The maximum Gasteiger partial charge on any atom is 0.330 e. The highest BCUT2D eigenvalue weighted by atomic mass is 16.6. The van der Waals surface area contributed by atoms with Crippen LogP contribution in [-0.2, 0) is 19.1 Å². The molecule has 3 atom stereocenters. The van der Waals surface area contributed by atoms with Crippen LogP contribution >= 0.6 is 0 Å². The zero-order valence-electron chi connectivity index (χ0n) is 20.4. The lowest BCUT2D eigenvalue weighted by atomic mass is 9.88. The van der Waals surface area contributed by atoms with Gasteiger partial charge >= 0.3 is 5.97 Å². The van der Waals surface area contributed by atoms with Crippen molar-refractivity contribution in [3.05, 3.63) is 37.0 Å². The Morgan fingerprint density at radius 3 is 2.16 bits per heavy atom. The number of carbonyl (C=O) groups excluding carboxylic acids is 2. The zero-order valence-corrected chi connectivity index (χ0v) is 20.4. The molecule has 0 rings (SSSR count). The van der Waals surface area contributed by atoms with Gasteiger partial charge in [-0.2, -0.15) is 0 Å². The topological polar surface area (TPSA) is 98.8 Å². The molecule has 0 spiro atoms. The Morgan fingerprint density at radius 2 is 1.66 bits per heavy atom. The average Bonchev–Trinajstić information content (AvgIpc) is 2.76. The number of unbranched alkanes of at least 4 members (excludes halogenated alkanes) is 6. The van der Waals surface area contributed by atoms with Gasteiger partial charge in [0.1, 0.15) is 6.10 Å². The lowest BCUT2D eigenvalue weighted by molar-refractivity contribution is -0.184. The van der Waals surface area contributed by atoms with E-state index in [1.807, 2.05) is 0 Å². The van der Waals surface area contributed by atoms with Crippen molar-refractivity contribution in [2.24, 2.45) is 5.73 Å². The molecule has 0 saturated heterocycles. The molecule has 0 aromatic heterocycles. The van der Waals surface area contributed by atoms with Crippen molar-refractivity contribution >= 4 is 11.9 Å². The molecule has 0 aromatic carbocycles. The minimum Gasteiger partial charge on any atom is -0.456 e. The molecule has 0 radical (unpaired) electrons. The summed E-state index contributed by atoms with van der Waals surface area (Å²) in [5.41, 5.74) is 4.18. The van der Waals surface area contributed by atoms with E-state index >= 15 is 0 Å². The monoisotopic (exact) mass is 451 g/mol. The maximum absolute atomic E-state index is 12.3. The van der Waals surface area contributed by atoms with Crippen LogP contribution in [0.2, 0.25) is 0 Å². The van der Waals surface area contributed by atoms with Crippen LogP contribution < -0.4 is 5.73 Å². The van der Waals surface area contributed by atoms with E-state index in [0.717, 1.165) is 44.6 Å². The number of hydrogen-bond donors (Lipinski definition) is 2. The molecule has 0 aliphatic rings. The lowest BCUT2D eigenvalue weighted by Gasteiger charge is -2.37. The van der Waals surface area contributed by atoms with Crippen molar-refractivity contribution in [2.45, 2.75) is 109 Å². The molecular formula is C26H45NO5. The number of carbonyl (C=O) groups is 2. The fraction of sp³-hybridized carbons (Fsp3) is 0.692. The smallest absolute Gasteiger partial charge is 0.330 e. The molecule has 3 unspecified atom stereocenters. The highest BCUT2D eigenvalue weighted by molar-refractivity contribution is 5.86. The largest absolute Gasteiger partial charge is 0.456 e. The van der Waals surface area contributed by atoms with E-state index in [-0.39, 0.29) is 13.0 Å². The van der Waals surface area contributed by atoms with Gasteiger partial charge in [-0.3, -0.25) is 4.79 Å². The molecule has 0 saturated carbocycles. The molecule has 6 nitrogen and oxygen atoms in total. The zero-order chi connectivity index (χ0) is 24.2. The van der Waals surface area contributed by atoms with Crippen molar-refractivity contribution in [3.63, 3.8) is 0 Å². The van der Waals surface area contributed by atoms with Gasteiger partial charge in [0, 0.05) is 6.08 Å². The van der Waals surface area contributed by atoms with E-state index in [0.29, 0.717) is 6.42 Å². The van der Waals surface area contributed by atoms with Gasteiger partial charge in [0.2, 0.25) is 0 Å². The van der Waals surface area contributed by atoms with Crippen molar-refractivity contribution in [3.8, 4) is 0 Å². The van der Waals surface area contributed by atoms with Crippen molar-refractivity contribution in [1.29, 1.82) is 0 Å². The summed E-state index contributed by atoms with van der Waals surface area (Å²) in [5.74, 6) is -1.33. The number of allylic oxidation sites excluding steroid dienone is 4. The Bertz CT molecular complexity index is 585. The molecule has 0 fully saturated rings. The fourth-order valence-corrected chi connectivity index (χ4v) is 3.46. The number of primary amides is 1. The molecule has 32 heavy (non-hydrogen) atoms. The highest BCUT2D eigenvalue weighted by Gasteiger charge is 2.46. The first-order valence-corrected chi connectivity index (χ1v) is 12.1. The summed E-state index contributed by atoms with van der Waals surface area (Å²) < 4.78 is 11.2. The van der Waals surface area contributed by atoms with Gasteiger partial charge in [-0.15, -0.1) is 0 Å². The van der Waals surface area contributed by atoms with Gasteiger partial charge in [0.15, 0.2) is 5.60 Å². The van der Waals surface area contributed by atoms with E-state index in [1.54, 1.807) is 13.8 Å². The first kappa shape index (κ1) is 30.1. The molecule has 184 valence electrons. The summed E-state index contributed by atoms with van der Waals surface area (Å²) in [6.07, 6.45) is 18.6. The van der Waals surface area contributed by atoms with Crippen LogP contribution in [0.15, 0.2) is 37.0 Å². The predicted molar refractivity (Wildman–Crippen MR) is 130 cm³/mol. The molecule has 0 aliphatic carbocycles. The van der Waals surface area contributed by atoms with Crippen LogP contribution in [0, 0.1) is 0 Å². The summed E-state index contributed by atoms with van der Waals surface area (Å²) >= 11 is 0. The molecular weight excluding hydrogens is 406 g/mol. The Morgan fingerprint density at radius 1 is 1.03 bits per heavy atom. The first-order chi connectivity index (χ1) is 15.3. The van der Waals surface area contributed by atoms with Crippen LogP contribution in [-0.4, -0.2) is 41.4 Å². The molecule has 1 amide bonds. The van der Waals surface area contributed by atoms with E-state index in [9.17, 15) is 14.7 Å². The normalized spacial score (nSPS) is 15.5. The minimum atomic E-state index is -1.47. The van der Waals surface area contributed by atoms with Crippen LogP contribution in [0.1, 0.15) is 91.4 Å². The Kier molecular flexibility index (Phi) is 17.5. The summed E-state index contributed by atoms with van der Waals surface area (Å²) in [4.78, 5) is 24.2. The van der Waals surface area contributed by atoms with Gasteiger partial charge in [-0.25, -0.2) is 4.79 Å². The Balaban J connectivity index is 4.62. The van der Waals surface area contributed by atoms with Gasteiger partial charge in [-0.1, -0.05) is 64.0 Å². The second-order valence-corrected chi connectivity index (χ2v) is 8.21. The van der Waals surface area contributed by atoms with Crippen molar-refractivity contribution in [2.75, 3.05) is 6.61 Å². The number of esters is 1. The van der Waals surface area contributed by atoms with Gasteiger partial charge in [-0.05, 0) is 58.3 Å². The first-order valence-electron chi connectivity index (χ1n) is 12.1. The highest BCUT2D eigenvalue weighted by Crippen LogP contribution is 2.28. The molecule has 0 aliphatic heterocycles. The summed E-state index contributed by atoms with van der Waals surface area (Å²) in [5, 5.41) is 9.59. The molecule has 0 heterocycles. The molecule has 0 bridgehead atoms. The SMILES string of the molecule is C=CC(=O)OC(CCCCC/C=C\C/C=C\CCCCC)C(CC)(OCC(C)O)C(N)=O. The second kappa shape index (κ2) is 18.6. The predicted octanol–water partition coefficient (Wildman–Crippen LogP) is 5.15. The number of amides is 1. The molecule has 6 heteroatoms. The van der Waals surface area contributed by atoms with Gasteiger partial charge in [0.05, 0.1) is 12.7 Å². The van der Waals surface area contributed by atoms with E-state index in [4.69, 9.17) is 15.2 Å². The third-order valence-corrected chi connectivity index (χ3v) is 5.39. The maximum atomic E-state index is 12.3. The number of rotatable bonds is 20. The summed E-state index contributed by atoms with van der Waals surface area (Å²) in [7, 11) is 0. The number of aliphatic hydroxyl groups is 1. The third kappa shape index (κ3) is 12.8. The quantitative estimate of drug-likeness (QED) is 0.115. The third-order valence-electron chi connectivity index (χ3n) is 5.39. The second-order valence-electron chi connectivity index (χ2n) is 8.21. The van der Waals surface area contributed by atoms with E-state index in [2.05, 4.69) is 37.8 Å². The fourth-order valence-electron chi connectivity index (χ4n) is 3.46. The van der Waals surface area contributed by atoms with Gasteiger partial charge < -0.3 is 20.3 Å². The summed E-state index contributed by atoms with van der Waals surface area (Å²) in [6.45, 7) is 8.88. The van der Waals surface area contributed by atoms with Gasteiger partial charge in [0.25, 0.3) is 5.91 Å². The van der Waals surface area contributed by atoms with E-state index < -0.39 is 29.7 Å². The Hall–Kier alpha value is -1.92.